The largest absolute Gasteiger partial charge is 0.475 e. The van der Waals surface area contributed by atoms with Crippen LogP contribution in [-0.4, -0.2) is 40.4 Å². The lowest BCUT2D eigenvalue weighted by Gasteiger charge is -2.17. The van der Waals surface area contributed by atoms with Gasteiger partial charge in [-0.2, -0.15) is 0 Å². The molecule has 1 unspecified atom stereocenters. The van der Waals surface area contributed by atoms with Gasteiger partial charge in [-0.25, -0.2) is 4.79 Å². The van der Waals surface area contributed by atoms with Crippen molar-refractivity contribution >= 4 is 17.8 Å². The van der Waals surface area contributed by atoms with E-state index in [4.69, 9.17) is 9.52 Å². The lowest BCUT2D eigenvalue weighted by atomic mass is 10.2. The molecule has 2 N–H and O–H groups in total. The van der Waals surface area contributed by atoms with Gasteiger partial charge >= 0.3 is 5.97 Å². The van der Waals surface area contributed by atoms with E-state index in [9.17, 15) is 14.4 Å². The molecule has 7 heteroatoms. The molecule has 1 fully saturated rings. The van der Waals surface area contributed by atoms with Gasteiger partial charge in [0.2, 0.25) is 11.7 Å². The number of amides is 2. The van der Waals surface area contributed by atoms with Crippen molar-refractivity contribution in [3.63, 3.8) is 0 Å². The molecule has 1 aliphatic heterocycles. The smallest absolute Gasteiger partial charge is 0.371 e. The summed E-state index contributed by atoms with van der Waals surface area (Å²) in [7, 11) is 0. The van der Waals surface area contributed by atoms with Gasteiger partial charge in [0.15, 0.2) is 5.76 Å². The highest BCUT2D eigenvalue weighted by atomic mass is 16.4. The highest BCUT2D eigenvalue weighted by Gasteiger charge is 2.31. The molecule has 24 heavy (non-hydrogen) atoms. The number of nitrogens with zero attached hydrogens (tertiary/aromatic N) is 1. The van der Waals surface area contributed by atoms with Crippen LogP contribution in [0.4, 0.5) is 0 Å². The van der Waals surface area contributed by atoms with E-state index >= 15 is 0 Å². The van der Waals surface area contributed by atoms with Gasteiger partial charge in [0.1, 0.15) is 0 Å². The quantitative estimate of drug-likeness (QED) is 0.866. The number of carbonyl (C=O) groups is 3. The van der Waals surface area contributed by atoms with Crippen LogP contribution in [0.15, 0.2) is 46.9 Å². The standard InChI is InChI=1S/C17H16N2O5/c20-15-8-12(10-19(15)9-11-4-2-1-3-5-11)18-16(21)13-6-7-14(24-13)17(22)23/h1-7,12H,8-10H2,(H,18,21)(H,22,23). The minimum atomic E-state index is -1.24. The molecule has 1 aromatic carbocycles. The molecule has 1 atom stereocenters. The van der Waals surface area contributed by atoms with Crippen molar-refractivity contribution in [1.29, 1.82) is 0 Å². The summed E-state index contributed by atoms with van der Waals surface area (Å²) >= 11 is 0. The zero-order chi connectivity index (χ0) is 17.1. The van der Waals surface area contributed by atoms with E-state index in [0.29, 0.717) is 13.1 Å². The zero-order valence-corrected chi connectivity index (χ0v) is 12.8. The Balaban J connectivity index is 1.59. The summed E-state index contributed by atoms with van der Waals surface area (Å²) in [5, 5.41) is 11.5. The van der Waals surface area contributed by atoms with Crippen molar-refractivity contribution < 1.29 is 23.9 Å². The third kappa shape index (κ3) is 3.45. The molecule has 3 rings (SSSR count). The molecule has 1 aromatic heterocycles. The Bertz CT molecular complexity index is 768. The number of benzene rings is 1. The van der Waals surface area contributed by atoms with Crippen LogP contribution in [0.1, 0.15) is 33.1 Å². The maximum Gasteiger partial charge on any atom is 0.371 e. The monoisotopic (exact) mass is 328 g/mol. The van der Waals surface area contributed by atoms with Crippen LogP contribution in [0.3, 0.4) is 0 Å². The van der Waals surface area contributed by atoms with E-state index in [2.05, 4.69) is 5.32 Å². The second-order valence-corrected chi connectivity index (χ2v) is 5.60. The molecule has 0 aliphatic carbocycles. The van der Waals surface area contributed by atoms with E-state index in [1.807, 2.05) is 30.3 Å². The first kappa shape index (κ1) is 15.8. The fourth-order valence-corrected chi connectivity index (χ4v) is 2.66. The molecule has 2 heterocycles. The molecule has 1 aliphatic rings. The number of hydrogen-bond acceptors (Lipinski definition) is 4. The van der Waals surface area contributed by atoms with Crippen molar-refractivity contribution in [1.82, 2.24) is 10.2 Å². The van der Waals surface area contributed by atoms with Crippen LogP contribution in [0.2, 0.25) is 0 Å². The predicted octanol–water partition coefficient (Wildman–Crippen LogP) is 1.51. The van der Waals surface area contributed by atoms with Gasteiger partial charge in [-0.1, -0.05) is 30.3 Å². The molecule has 7 nitrogen and oxygen atoms in total. The predicted molar refractivity (Wildman–Crippen MR) is 83.4 cm³/mol. The van der Waals surface area contributed by atoms with Crippen molar-refractivity contribution in [3.8, 4) is 0 Å². The first-order valence-electron chi connectivity index (χ1n) is 7.48. The number of rotatable bonds is 5. The fraction of sp³-hybridized carbons (Fsp3) is 0.235. The molecular formula is C17H16N2O5. The lowest BCUT2D eigenvalue weighted by molar-refractivity contribution is -0.128. The van der Waals surface area contributed by atoms with E-state index in [0.717, 1.165) is 5.56 Å². The Morgan fingerprint density at radius 1 is 1.17 bits per heavy atom. The third-order valence-electron chi connectivity index (χ3n) is 3.81. The van der Waals surface area contributed by atoms with Crippen LogP contribution >= 0.6 is 0 Å². The van der Waals surface area contributed by atoms with Gasteiger partial charge in [0.05, 0.1) is 6.04 Å². The Labute approximate surface area is 137 Å². The van der Waals surface area contributed by atoms with Crippen LogP contribution in [0.5, 0.6) is 0 Å². The first-order valence-corrected chi connectivity index (χ1v) is 7.48. The molecule has 0 bridgehead atoms. The van der Waals surface area contributed by atoms with E-state index in [1.165, 1.54) is 12.1 Å². The first-order chi connectivity index (χ1) is 11.5. The fourth-order valence-electron chi connectivity index (χ4n) is 2.66. The Morgan fingerprint density at radius 3 is 2.54 bits per heavy atom. The van der Waals surface area contributed by atoms with Crippen molar-refractivity contribution in [2.24, 2.45) is 0 Å². The molecule has 2 aromatic rings. The van der Waals surface area contributed by atoms with Gasteiger partial charge in [0.25, 0.3) is 5.91 Å². The van der Waals surface area contributed by atoms with E-state index in [1.54, 1.807) is 4.90 Å². The molecule has 2 amide bonds. The van der Waals surface area contributed by atoms with Gasteiger partial charge < -0.3 is 19.7 Å². The van der Waals surface area contributed by atoms with Crippen molar-refractivity contribution in [2.75, 3.05) is 6.54 Å². The van der Waals surface area contributed by atoms with E-state index in [-0.39, 0.29) is 29.9 Å². The highest BCUT2D eigenvalue weighted by Crippen LogP contribution is 2.16. The summed E-state index contributed by atoms with van der Waals surface area (Å²) in [6, 6.07) is 11.8. The maximum absolute atomic E-state index is 12.1. The average molecular weight is 328 g/mol. The summed E-state index contributed by atoms with van der Waals surface area (Å²) in [6.07, 6.45) is 0.213. The van der Waals surface area contributed by atoms with Crippen molar-refractivity contribution in [2.45, 2.75) is 19.0 Å². The number of furan rings is 1. The Kier molecular flexibility index (Phi) is 4.33. The lowest BCUT2D eigenvalue weighted by Crippen LogP contribution is -2.36. The number of nitrogens with one attached hydrogen (secondary N) is 1. The average Bonchev–Trinajstić information content (AvgIpc) is 3.16. The second kappa shape index (κ2) is 6.57. The van der Waals surface area contributed by atoms with Gasteiger partial charge in [-0.15, -0.1) is 0 Å². The van der Waals surface area contributed by atoms with Crippen LogP contribution in [0, 0.1) is 0 Å². The SMILES string of the molecule is O=C(O)c1ccc(C(=O)NC2CC(=O)N(Cc3ccccc3)C2)o1. The van der Waals surface area contributed by atoms with E-state index < -0.39 is 11.9 Å². The minimum absolute atomic E-state index is 0.0326. The second-order valence-electron chi connectivity index (χ2n) is 5.60. The summed E-state index contributed by atoms with van der Waals surface area (Å²) in [6.45, 7) is 0.905. The number of carboxylic acids is 1. The number of likely N-dealkylation sites (tertiary alicyclic amines) is 1. The maximum atomic E-state index is 12.1. The van der Waals surface area contributed by atoms with Crippen LogP contribution in [-0.2, 0) is 11.3 Å². The molecule has 0 spiro atoms. The number of carboxylic acid groups (broad SMARTS) is 1. The zero-order valence-electron chi connectivity index (χ0n) is 12.8. The van der Waals surface area contributed by atoms with Gasteiger partial charge in [-0.05, 0) is 17.7 Å². The third-order valence-corrected chi connectivity index (χ3v) is 3.81. The summed E-state index contributed by atoms with van der Waals surface area (Å²) in [4.78, 5) is 36.6. The molecule has 0 radical (unpaired) electrons. The topological polar surface area (TPSA) is 99.8 Å². The Hall–Kier alpha value is -3.09. The number of carbonyl (C=O) groups excluding carboxylic acids is 2. The molecular weight excluding hydrogens is 312 g/mol. The molecule has 1 saturated heterocycles. The number of hydrogen-bond donors (Lipinski definition) is 2. The van der Waals surface area contributed by atoms with Crippen LogP contribution < -0.4 is 5.32 Å². The van der Waals surface area contributed by atoms with Crippen molar-refractivity contribution in [3.05, 3.63) is 59.5 Å². The summed E-state index contributed by atoms with van der Waals surface area (Å²) in [5.74, 6) is -2.18. The molecule has 124 valence electrons. The molecule has 0 saturated carbocycles. The van der Waals surface area contributed by atoms with Gasteiger partial charge in [-0.3, -0.25) is 9.59 Å². The van der Waals surface area contributed by atoms with Crippen LogP contribution in [0.25, 0.3) is 0 Å². The summed E-state index contributed by atoms with van der Waals surface area (Å²) in [5.41, 5.74) is 1.02. The normalized spacial score (nSPS) is 17.1. The Morgan fingerprint density at radius 2 is 1.88 bits per heavy atom. The van der Waals surface area contributed by atoms with Gasteiger partial charge in [0, 0.05) is 19.5 Å². The highest BCUT2D eigenvalue weighted by molar-refractivity contribution is 5.94. The number of aromatic carboxylic acids is 1. The summed E-state index contributed by atoms with van der Waals surface area (Å²) < 4.78 is 4.96. The minimum Gasteiger partial charge on any atom is -0.475 e.